The number of rotatable bonds is 6. The molecule has 23 heavy (non-hydrogen) atoms. The molecule has 1 unspecified atom stereocenters. The molecule has 0 heterocycles. The van der Waals surface area contributed by atoms with E-state index in [1.54, 1.807) is 6.92 Å². The number of hydrogen-bond donors (Lipinski definition) is 3. The minimum absolute atomic E-state index is 0.124. The van der Waals surface area contributed by atoms with Gasteiger partial charge in [-0.2, -0.15) is 13.2 Å². The molecule has 1 aromatic rings. The van der Waals surface area contributed by atoms with Crippen molar-refractivity contribution in [3.63, 3.8) is 0 Å². The molecule has 0 aliphatic heterocycles. The first kappa shape index (κ1) is 19.2. The summed E-state index contributed by atoms with van der Waals surface area (Å²) in [6.07, 6.45) is -3.84. The lowest BCUT2D eigenvalue weighted by Gasteiger charge is -2.29. The van der Waals surface area contributed by atoms with Crippen LogP contribution in [0.3, 0.4) is 0 Å². The third-order valence-corrected chi connectivity index (χ3v) is 3.68. The molecule has 0 radical (unpaired) electrons. The lowest BCUT2D eigenvalue weighted by Crippen LogP contribution is -2.50. The quantitative estimate of drug-likeness (QED) is 0.699. The fourth-order valence-electron chi connectivity index (χ4n) is 2.03. The summed E-state index contributed by atoms with van der Waals surface area (Å²) < 4.78 is 51.6. The van der Waals surface area contributed by atoms with E-state index in [4.69, 9.17) is 5.11 Å². The summed E-state index contributed by atoms with van der Waals surface area (Å²) in [5, 5.41) is 13.9. The van der Waals surface area contributed by atoms with Crippen molar-refractivity contribution in [1.82, 2.24) is 10.6 Å². The number of urea groups is 1. The van der Waals surface area contributed by atoms with Gasteiger partial charge in [0.15, 0.2) is 0 Å². The molecule has 1 rings (SSSR count). The number of aliphatic hydroxyl groups excluding tert-OH is 1. The van der Waals surface area contributed by atoms with E-state index in [1.807, 2.05) is 6.92 Å². The van der Waals surface area contributed by atoms with Crippen LogP contribution in [0.5, 0.6) is 0 Å². The van der Waals surface area contributed by atoms with Gasteiger partial charge in [0.1, 0.15) is 5.82 Å². The van der Waals surface area contributed by atoms with Crippen molar-refractivity contribution in [2.75, 3.05) is 6.61 Å². The second kappa shape index (κ2) is 7.63. The maximum absolute atomic E-state index is 13.0. The number of carbonyl (C=O) groups is 1. The van der Waals surface area contributed by atoms with Crippen LogP contribution in [0.2, 0.25) is 0 Å². The molecular formula is C15H20F4N2O2. The number of benzene rings is 1. The molecule has 2 amide bonds. The van der Waals surface area contributed by atoms with E-state index in [2.05, 4.69) is 10.6 Å². The van der Waals surface area contributed by atoms with Crippen molar-refractivity contribution in [3.8, 4) is 0 Å². The van der Waals surface area contributed by atoms with Crippen molar-refractivity contribution in [2.24, 2.45) is 0 Å². The van der Waals surface area contributed by atoms with Crippen molar-refractivity contribution < 1.29 is 27.5 Å². The van der Waals surface area contributed by atoms with Crippen LogP contribution in [0.1, 0.15) is 37.8 Å². The first-order chi connectivity index (χ1) is 10.6. The average molecular weight is 336 g/mol. The highest BCUT2D eigenvalue weighted by atomic mass is 19.4. The van der Waals surface area contributed by atoms with E-state index in [-0.39, 0.29) is 18.7 Å². The zero-order chi connectivity index (χ0) is 17.7. The normalized spacial score (nSPS) is 14.2. The Bertz CT molecular complexity index is 549. The van der Waals surface area contributed by atoms with Crippen LogP contribution in [-0.4, -0.2) is 23.3 Å². The summed E-state index contributed by atoms with van der Waals surface area (Å²) in [4.78, 5) is 11.8. The highest BCUT2D eigenvalue weighted by Gasteiger charge is 2.34. The fourth-order valence-corrected chi connectivity index (χ4v) is 2.03. The Hall–Kier alpha value is -1.83. The van der Waals surface area contributed by atoms with Gasteiger partial charge in [0.05, 0.1) is 5.56 Å². The summed E-state index contributed by atoms with van der Waals surface area (Å²) in [5.74, 6) is -0.993. The van der Waals surface area contributed by atoms with Gasteiger partial charge in [-0.3, -0.25) is 0 Å². The van der Waals surface area contributed by atoms with Gasteiger partial charge >= 0.3 is 12.2 Å². The van der Waals surface area contributed by atoms with E-state index >= 15 is 0 Å². The van der Waals surface area contributed by atoms with Gasteiger partial charge in [-0.25, -0.2) is 9.18 Å². The van der Waals surface area contributed by atoms with Crippen molar-refractivity contribution in [2.45, 2.75) is 44.9 Å². The van der Waals surface area contributed by atoms with E-state index in [0.717, 1.165) is 12.1 Å². The molecule has 4 nitrogen and oxygen atoms in total. The Balaban J connectivity index is 2.77. The Morgan fingerprint density at radius 2 is 1.96 bits per heavy atom. The lowest BCUT2D eigenvalue weighted by atomic mass is 9.95. The molecule has 3 N–H and O–H groups in total. The van der Waals surface area contributed by atoms with Gasteiger partial charge < -0.3 is 15.7 Å². The highest BCUT2D eigenvalue weighted by molar-refractivity contribution is 5.74. The Labute approximate surface area is 131 Å². The summed E-state index contributed by atoms with van der Waals surface area (Å²) in [5.41, 5.74) is -2.00. The van der Waals surface area contributed by atoms with Crippen LogP contribution < -0.4 is 10.6 Å². The maximum Gasteiger partial charge on any atom is 0.416 e. The second-order valence-electron chi connectivity index (χ2n) is 5.49. The van der Waals surface area contributed by atoms with Crippen LogP contribution in [0.25, 0.3) is 0 Å². The van der Waals surface area contributed by atoms with E-state index in [9.17, 15) is 22.4 Å². The van der Waals surface area contributed by atoms with Gasteiger partial charge in [-0.1, -0.05) is 13.0 Å². The van der Waals surface area contributed by atoms with Crippen LogP contribution in [0, 0.1) is 5.82 Å². The molecule has 0 spiro atoms. The Kier molecular flexibility index (Phi) is 6.37. The molecule has 0 fully saturated rings. The zero-order valence-electron chi connectivity index (χ0n) is 12.9. The molecule has 0 saturated heterocycles. The summed E-state index contributed by atoms with van der Waals surface area (Å²) >= 11 is 0. The number of halogens is 4. The minimum atomic E-state index is -4.70. The monoisotopic (exact) mass is 336 g/mol. The number of amides is 2. The van der Waals surface area contributed by atoms with E-state index in [1.165, 1.54) is 0 Å². The van der Waals surface area contributed by atoms with Gasteiger partial charge in [-0.05, 0) is 37.5 Å². The SMILES string of the molecule is CCC(C)(CCO)NC(=O)NCc1ccc(F)cc1C(F)(F)F. The lowest BCUT2D eigenvalue weighted by molar-refractivity contribution is -0.138. The molecule has 0 bridgehead atoms. The van der Waals surface area contributed by atoms with Gasteiger partial charge in [-0.15, -0.1) is 0 Å². The molecule has 1 aromatic carbocycles. The fraction of sp³-hybridized carbons (Fsp3) is 0.533. The zero-order valence-corrected chi connectivity index (χ0v) is 12.9. The van der Waals surface area contributed by atoms with Crippen LogP contribution in [0.15, 0.2) is 18.2 Å². The van der Waals surface area contributed by atoms with Gasteiger partial charge in [0, 0.05) is 18.7 Å². The molecular weight excluding hydrogens is 316 g/mol. The number of aliphatic hydroxyl groups is 1. The van der Waals surface area contributed by atoms with E-state index in [0.29, 0.717) is 18.9 Å². The smallest absolute Gasteiger partial charge is 0.396 e. The maximum atomic E-state index is 13.0. The summed E-state index contributed by atoms with van der Waals surface area (Å²) in [6.45, 7) is 3.03. The first-order valence-electron chi connectivity index (χ1n) is 7.14. The third-order valence-electron chi connectivity index (χ3n) is 3.68. The predicted molar refractivity (Wildman–Crippen MR) is 77.2 cm³/mol. The average Bonchev–Trinajstić information content (AvgIpc) is 2.45. The summed E-state index contributed by atoms with van der Waals surface area (Å²) in [6, 6.07) is 1.65. The van der Waals surface area contributed by atoms with Crippen molar-refractivity contribution >= 4 is 6.03 Å². The van der Waals surface area contributed by atoms with Crippen LogP contribution in [0.4, 0.5) is 22.4 Å². The van der Waals surface area contributed by atoms with Crippen LogP contribution in [-0.2, 0) is 12.7 Å². The molecule has 8 heteroatoms. The van der Waals surface area contributed by atoms with Gasteiger partial charge in [0.25, 0.3) is 0 Å². The highest BCUT2D eigenvalue weighted by Crippen LogP contribution is 2.32. The second-order valence-corrected chi connectivity index (χ2v) is 5.49. The topological polar surface area (TPSA) is 61.4 Å². The first-order valence-corrected chi connectivity index (χ1v) is 7.14. The predicted octanol–water partition coefficient (Wildman–Crippen LogP) is 3.19. The number of nitrogens with one attached hydrogen (secondary N) is 2. The van der Waals surface area contributed by atoms with E-state index < -0.39 is 29.1 Å². The molecule has 0 aromatic heterocycles. The number of alkyl halides is 3. The molecule has 1 atom stereocenters. The standard InChI is InChI=1S/C15H20F4N2O2/c1-3-14(2,6-7-22)21-13(23)20-9-10-4-5-11(16)8-12(10)15(17,18)19/h4-5,8,22H,3,6-7,9H2,1-2H3,(H2,20,21,23). The van der Waals surface area contributed by atoms with Crippen molar-refractivity contribution in [1.29, 1.82) is 0 Å². The number of carbonyl (C=O) groups excluding carboxylic acids is 1. The largest absolute Gasteiger partial charge is 0.416 e. The van der Waals surface area contributed by atoms with Gasteiger partial charge in [0.2, 0.25) is 0 Å². The number of hydrogen-bond acceptors (Lipinski definition) is 2. The minimum Gasteiger partial charge on any atom is -0.396 e. The third kappa shape index (κ3) is 5.70. The Morgan fingerprint density at radius 3 is 2.48 bits per heavy atom. The van der Waals surface area contributed by atoms with Crippen molar-refractivity contribution in [3.05, 3.63) is 35.1 Å². The molecule has 0 aliphatic rings. The molecule has 0 aliphatic carbocycles. The molecule has 0 saturated carbocycles. The summed E-state index contributed by atoms with van der Waals surface area (Å²) in [7, 11) is 0. The molecule has 130 valence electrons. The van der Waals surface area contributed by atoms with Crippen LogP contribution >= 0.6 is 0 Å². The Morgan fingerprint density at radius 1 is 1.30 bits per heavy atom.